The maximum absolute atomic E-state index is 4.04. The van der Waals surface area contributed by atoms with Gasteiger partial charge in [-0.3, -0.25) is 4.98 Å². The van der Waals surface area contributed by atoms with Crippen LogP contribution in [0, 0.1) is 6.92 Å². The Bertz CT molecular complexity index is 147. The van der Waals surface area contributed by atoms with Crippen molar-refractivity contribution in [2.24, 2.45) is 0 Å². The van der Waals surface area contributed by atoms with E-state index in [-0.39, 0.29) is 0 Å². The second-order valence-corrected chi connectivity index (χ2v) is 2.35. The maximum atomic E-state index is 4.04. The molecule has 1 aromatic heterocycles. The SMILES string of the molecule is Cc1ccc(P)nc1. The third-order valence-electron chi connectivity index (χ3n) is 0.934. The van der Waals surface area contributed by atoms with Gasteiger partial charge in [-0.1, -0.05) is 15.3 Å². The lowest BCUT2D eigenvalue weighted by Gasteiger charge is -1.89. The van der Waals surface area contributed by atoms with Gasteiger partial charge in [-0.15, -0.1) is 0 Å². The molecule has 0 aliphatic rings. The zero-order valence-electron chi connectivity index (χ0n) is 4.76. The summed E-state index contributed by atoms with van der Waals surface area (Å²) in [4.78, 5) is 4.04. The quantitative estimate of drug-likeness (QED) is 0.469. The van der Waals surface area contributed by atoms with E-state index < -0.39 is 0 Å². The Morgan fingerprint density at radius 3 is 2.62 bits per heavy atom. The molecule has 0 bridgehead atoms. The van der Waals surface area contributed by atoms with Gasteiger partial charge in [-0.2, -0.15) is 0 Å². The van der Waals surface area contributed by atoms with Crippen LogP contribution in [0.5, 0.6) is 0 Å². The van der Waals surface area contributed by atoms with E-state index in [0.717, 1.165) is 5.44 Å². The minimum Gasteiger partial charge on any atom is -0.257 e. The van der Waals surface area contributed by atoms with E-state index in [1.807, 2.05) is 25.3 Å². The van der Waals surface area contributed by atoms with Crippen molar-refractivity contribution >= 4 is 14.7 Å². The Kier molecular flexibility index (Phi) is 1.59. The fraction of sp³-hybridized carbons (Fsp3) is 0.167. The van der Waals surface area contributed by atoms with Gasteiger partial charge in [-0.25, -0.2) is 0 Å². The highest BCUT2D eigenvalue weighted by atomic mass is 31.0. The van der Waals surface area contributed by atoms with Crippen LogP contribution in [0.2, 0.25) is 0 Å². The Balaban J connectivity index is 3.03. The predicted molar refractivity (Wildman–Crippen MR) is 38.3 cm³/mol. The fourth-order valence-electron chi connectivity index (χ4n) is 0.479. The molecule has 0 aliphatic carbocycles. The molecule has 0 fully saturated rings. The molecule has 0 N–H and O–H groups in total. The smallest absolute Gasteiger partial charge is 0.0569 e. The molecule has 0 saturated heterocycles. The lowest BCUT2D eigenvalue weighted by atomic mass is 10.3. The Labute approximate surface area is 51.3 Å². The summed E-state index contributed by atoms with van der Waals surface area (Å²) in [6.45, 7) is 2.02. The number of pyridine rings is 1. The fourth-order valence-corrected chi connectivity index (χ4v) is 0.650. The third-order valence-corrected chi connectivity index (χ3v) is 1.28. The minimum atomic E-state index is 0.996. The largest absolute Gasteiger partial charge is 0.257 e. The van der Waals surface area contributed by atoms with Gasteiger partial charge < -0.3 is 0 Å². The van der Waals surface area contributed by atoms with E-state index in [1.165, 1.54) is 5.56 Å². The van der Waals surface area contributed by atoms with Gasteiger partial charge in [0.15, 0.2) is 0 Å². The summed E-state index contributed by atoms with van der Waals surface area (Å²) in [6, 6.07) is 4.01. The van der Waals surface area contributed by atoms with Gasteiger partial charge in [0, 0.05) is 6.20 Å². The molecule has 0 saturated carbocycles. The molecule has 42 valence electrons. The van der Waals surface area contributed by atoms with Gasteiger partial charge in [0.1, 0.15) is 0 Å². The van der Waals surface area contributed by atoms with Gasteiger partial charge >= 0.3 is 0 Å². The van der Waals surface area contributed by atoms with E-state index in [9.17, 15) is 0 Å². The van der Waals surface area contributed by atoms with Gasteiger partial charge in [0.25, 0.3) is 0 Å². The number of hydrogen-bond acceptors (Lipinski definition) is 1. The van der Waals surface area contributed by atoms with Crippen LogP contribution in [-0.2, 0) is 0 Å². The van der Waals surface area contributed by atoms with Crippen LogP contribution < -0.4 is 5.44 Å². The predicted octanol–water partition coefficient (Wildman–Crippen LogP) is 0.890. The monoisotopic (exact) mass is 125 g/mol. The van der Waals surface area contributed by atoms with Crippen molar-refractivity contribution in [3.63, 3.8) is 0 Å². The summed E-state index contributed by atoms with van der Waals surface area (Å²) >= 11 is 0. The lowest BCUT2D eigenvalue weighted by Crippen LogP contribution is -1.94. The summed E-state index contributed by atoms with van der Waals surface area (Å²) in [7, 11) is 2.54. The summed E-state index contributed by atoms with van der Waals surface area (Å²) in [5.41, 5.74) is 2.20. The van der Waals surface area contributed by atoms with Crippen LogP contribution in [0.4, 0.5) is 0 Å². The second-order valence-electron chi connectivity index (χ2n) is 1.76. The molecule has 1 rings (SSSR count). The van der Waals surface area contributed by atoms with Gasteiger partial charge in [0.05, 0.1) is 5.44 Å². The molecule has 0 amide bonds. The number of aromatic nitrogens is 1. The minimum absolute atomic E-state index is 0.996. The van der Waals surface area contributed by atoms with Crippen LogP contribution in [0.1, 0.15) is 5.56 Å². The molecule has 1 unspecified atom stereocenters. The maximum Gasteiger partial charge on any atom is 0.0569 e. The topological polar surface area (TPSA) is 12.9 Å². The van der Waals surface area contributed by atoms with E-state index >= 15 is 0 Å². The zero-order chi connectivity index (χ0) is 5.98. The van der Waals surface area contributed by atoms with Crippen LogP contribution >= 0.6 is 9.24 Å². The van der Waals surface area contributed by atoms with Crippen molar-refractivity contribution in [2.45, 2.75) is 6.92 Å². The number of aryl methyl sites for hydroxylation is 1. The average molecular weight is 125 g/mol. The first-order chi connectivity index (χ1) is 3.79. The van der Waals surface area contributed by atoms with Crippen LogP contribution in [-0.4, -0.2) is 4.98 Å². The molecule has 0 spiro atoms. The number of nitrogens with zero attached hydrogens (tertiary/aromatic N) is 1. The third kappa shape index (κ3) is 1.28. The van der Waals surface area contributed by atoms with Crippen molar-refractivity contribution in [3.05, 3.63) is 23.9 Å². The first-order valence-corrected chi connectivity index (χ1v) is 3.05. The summed E-state index contributed by atoms with van der Waals surface area (Å²) < 4.78 is 0. The van der Waals surface area contributed by atoms with Crippen LogP contribution in [0.25, 0.3) is 0 Å². The first-order valence-electron chi connectivity index (χ1n) is 2.47. The van der Waals surface area contributed by atoms with Crippen molar-refractivity contribution in [1.29, 1.82) is 0 Å². The first kappa shape index (κ1) is 5.71. The summed E-state index contributed by atoms with van der Waals surface area (Å²) in [5, 5.41) is 0. The van der Waals surface area contributed by atoms with Crippen LogP contribution in [0.15, 0.2) is 18.3 Å². The standard InChI is InChI=1S/C6H8NP/c1-5-2-3-6(8)7-4-5/h2-4H,8H2,1H3. The zero-order valence-corrected chi connectivity index (χ0v) is 5.91. The molecule has 0 aromatic carbocycles. The molecule has 1 nitrogen and oxygen atoms in total. The normalized spacial score (nSPS) is 9.25. The van der Waals surface area contributed by atoms with E-state index in [4.69, 9.17) is 0 Å². The van der Waals surface area contributed by atoms with Crippen molar-refractivity contribution in [3.8, 4) is 0 Å². The highest BCUT2D eigenvalue weighted by Gasteiger charge is 1.81. The number of hydrogen-bond donors (Lipinski definition) is 0. The molecule has 8 heavy (non-hydrogen) atoms. The highest BCUT2D eigenvalue weighted by Crippen LogP contribution is 1.90. The molecule has 2 heteroatoms. The Hall–Kier alpha value is -0.420. The molecular formula is C6H8NP. The van der Waals surface area contributed by atoms with Gasteiger partial charge in [0.2, 0.25) is 0 Å². The highest BCUT2D eigenvalue weighted by molar-refractivity contribution is 7.26. The Morgan fingerprint density at radius 1 is 1.50 bits per heavy atom. The summed E-state index contributed by atoms with van der Waals surface area (Å²) in [6.07, 6.45) is 1.85. The molecule has 1 aromatic rings. The number of rotatable bonds is 0. The molecule has 0 radical (unpaired) electrons. The lowest BCUT2D eigenvalue weighted by molar-refractivity contribution is 1.32. The van der Waals surface area contributed by atoms with Crippen LogP contribution in [0.3, 0.4) is 0 Å². The van der Waals surface area contributed by atoms with E-state index in [2.05, 4.69) is 14.2 Å². The molecule has 1 heterocycles. The van der Waals surface area contributed by atoms with E-state index in [1.54, 1.807) is 0 Å². The average Bonchev–Trinajstić information content (AvgIpc) is 1.77. The molecule has 0 aliphatic heterocycles. The van der Waals surface area contributed by atoms with Gasteiger partial charge in [-0.05, 0) is 18.6 Å². The Morgan fingerprint density at radius 2 is 2.25 bits per heavy atom. The van der Waals surface area contributed by atoms with Crippen molar-refractivity contribution < 1.29 is 0 Å². The van der Waals surface area contributed by atoms with E-state index in [0.29, 0.717) is 0 Å². The molecular weight excluding hydrogens is 117 g/mol. The molecule has 1 atom stereocenters. The second kappa shape index (κ2) is 2.23. The summed E-state index contributed by atoms with van der Waals surface area (Å²) in [5.74, 6) is 0. The van der Waals surface area contributed by atoms with Crippen molar-refractivity contribution in [2.75, 3.05) is 0 Å². The van der Waals surface area contributed by atoms with Crippen molar-refractivity contribution in [1.82, 2.24) is 4.98 Å².